The van der Waals surface area contributed by atoms with Gasteiger partial charge in [0.2, 0.25) is 5.89 Å². The predicted octanol–water partition coefficient (Wildman–Crippen LogP) is 2.47. The Labute approximate surface area is 145 Å². The highest BCUT2D eigenvalue weighted by Crippen LogP contribution is 2.37. The molecule has 0 saturated heterocycles. The second-order valence-corrected chi connectivity index (χ2v) is 5.57. The summed E-state index contributed by atoms with van der Waals surface area (Å²) >= 11 is 0.664. The number of carbonyl (C=O) groups is 1. The van der Waals surface area contributed by atoms with Gasteiger partial charge in [-0.15, -0.1) is 10.2 Å². The fourth-order valence-electron chi connectivity index (χ4n) is 1.78. The van der Waals surface area contributed by atoms with E-state index in [1.165, 1.54) is 7.11 Å². The molecule has 1 heterocycles. The molecule has 11 heteroatoms. The summed E-state index contributed by atoms with van der Waals surface area (Å²) in [5.41, 5.74) is -0.451. The van der Waals surface area contributed by atoms with Crippen LogP contribution >= 0.6 is 11.8 Å². The summed E-state index contributed by atoms with van der Waals surface area (Å²) in [6.07, 6.45) is 1.55. The number of phenols is 1. The lowest BCUT2D eigenvalue weighted by molar-refractivity contribution is -0.385. The summed E-state index contributed by atoms with van der Waals surface area (Å²) in [5.74, 6) is -1.56. The van der Waals surface area contributed by atoms with E-state index in [4.69, 9.17) is 9.15 Å². The Balaban J connectivity index is 2.47. The molecule has 2 N–H and O–H groups in total. The summed E-state index contributed by atoms with van der Waals surface area (Å²) in [5, 5.41) is 37.8. The van der Waals surface area contributed by atoms with E-state index in [0.717, 1.165) is 18.2 Å². The van der Waals surface area contributed by atoms with E-state index in [-0.39, 0.29) is 27.1 Å². The molecule has 2 rings (SSSR count). The van der Waals surface area contributed by atoms with Crippen LogP contribution < -0.4 is 4.74 Å². The van der Waals surface area contributed by atoms with Gasteiger partial charge in [-0.3, -0.25) is 10.1 Å². The molecule has 0 unspecified atom stereocenters. The Morgan fingerprint density at radius 1 is 1.48 bits per heavy atom. The van der Waals surface area contributed by atoms with Gasteiger partial charge in [-0.05, 0) is 17.8 Å². The Hall–Kier alpha value is -3.08. The molecular weight excluding hydrogens is 354 g/mol. The lowest BCUT2D eigenvalue weighted by Crippen LogP contribution is -1.98. The minimum Gasteiger partial charge on any atom is -0.504 e. The Kier molecular flexibility index (Phi) is 5.60. The van der Waals surface area contributed by atoms with Crippen LogP contribution in [-0.4, -0.2) is 38.4 Å². The second-order valence-electron chi connectivity index (χ2n) is 4.57. The largest absolute Gasteiger partial charge is 0.504 e. The van der Waals surface area contributed by atoms with Crippen molar-refractivity contribution >= 4 is 29.5 Å². The van der Waals surface area contributed by atoms with Crippen LogP contribution in [0.5, 0.6) is 11.5 Å². The molecule has 1 aromatic carbocycles. The van der Waals surface area contributed by atoms with E-state index < -0.39 is 16.6 Å². The number of ether oxygens (including phenoxy) is 1. The van der Waals surface area contributed by atoms with Crippen LogP contribution in [0.15, 0.2) is 26.7 Å². The van der Waals surface area contributed by atoms with Crippen molar-refractivity contribution in [2.75, 3.05) is 7.11 Å². The van der Waals surface area contributed by atoms with Gasteiger partial charge in [0.05, 0.1) is 18.1 Å². The van der Waals surface area contributed by atoms with Crippen LogP contribution in [0.2, 0.25) is 0 Å². The fraction of sp³-hybridized carbons (Fsp3) is 0.214. The molecule has 10 nitrogen and oxygen atoms in total. The highest BCUT2D eigenvalue weighted by molar-refractivity contribution is 8.03. The van der Waals surface area contributed by atoms with Crippen LogP contribution in [0.25, 0.3) is 6.08 Å². The third-order valence-corrected chi connectivity index (χ3v) is 3.82. The first-order chi connectivity index (χ1) is 11.8. The first-order valence-electron chi connectivity index (χ1n) is 6.86. The number of rotatable bonds is 7. The highest BCUT2D eigenvalue weighted by Gasteiger charge is 2.19. The van der Waals surface area contributed by atoms with Crippen LogP contribution in [0.1, 0.15) is 18.4 Å². The number of carboxylic acid groups (broad SMARTS) is 1. The van der Waals surface area contributed by atoms with E-state index in [0.29, 0.717) is 24.1 Å². The van der Waals surface area contributed by atoms with Gasteiger partial charge < -0.3 is 19.4 Å². The van der Waals surface area contributed by atoms with Gasteiger partial charge in [0, 0.05) is 18.1 Å². The van der Waals surface area contributed by atoms with Gasteiger partial charge >= 0.3 is 5.97 Å². The maximum atomic E-state index is 11.4. The van der Waals surface area contributed by atoms with Crippen molar-refractivity contribution in [1.29, 1.82) is 0 Å². The molecule has 0 aliphatic carbocycles. The molecule has 0 bridgehead atoms. The van der Waals surface area contributed by atoms with Gasteiger partial charge in [0.25, 0.3) is 10.9 Å². The molecule has 132 valence electrons. The van der Waals surface area contributed by atoms with Gasteiger partial charge in [0.15, 0.2) is 11.5 Å². The molecule has 2 aromatic rings. The number of aromatic nitrogens is 2. The monoisotopic (exact) mass is 367 g/mol. The van der Waals surface area contributed by atoms with Crippen molar-refractivity contribution in [2.45, 2.75) is 18.6 Å². The molecule has 0 saturated carbocycles. The Morgan fingerprint density at radius 2 is 2.20 bits per heavy atom. The number of hydrogen-bond acceptors (Lipinski definition) is 9. The first kappa shape index (κ1) is 18.3. The topological polar surface area (TPSA) is 149 Å². The van der Waals surface area contributed by atoms with Crippen LogP contribution in [0, 0.1) is 10.1 Å². The van der Waals surface area contributed by atoms with Gasteiger partial charge in [-0.25, -0.2) is 4.79 Å². The maximum Gasteiger partial charge on any atom is 0.342 e. The van der Waals surface area contributed by atoms with Crippen molar-refractivity contribution < 1.29 is 29.1 Å². The van der Waals surface area contributed by atoms with Gasteiger partial charge in [-0.1, -0.05) is 6.92 Å². The van der Waals surface area contributed by atoms with Crippen molar-refractivity contribution in [2.24, 2.45) is 0 Å². The van der Waals surface area contributed by atoms with Crippen molar-refractivity contribution in [3.05, 3.63) is 38.6 Å². The number of aromatic hydroxyl groups is 1. The Morgan fingerprint density at radius 3 is 2.72 bits per heavy atom. The molecule has 0 atom stereocenters. The zero-order chi connectivity index (χ0) is 18.6. The predicted molar refractivity (Wildman–Crippen MR) is 86.5 cm³/mol. The number of aliphatic carboxylic acids is 1. The average Bonchev–Trinajstić information content (AvgIpc) is 3.03. The number of nitro benzene ring substituents is 1. The maximum absolute atomic E-state index is 11.4. The zero-order valence-corrected chi connectivity index (χ0v) is 13.9. The Bertz CT molecular complexity index is 847. The molecular formula is C14H13N3O7S. The summed E-state index contributed by atoms with van der Waals surface area (Å²) in [6.45, 7) is 1.79. The van der Waals surface area contributed by atoms with Gasteiger partial charge in [0.1, 0.15) is 4.91 Å². The summed E-state index contributed by atoms with van der Waals surface area (Å²) in [6, 6.07) is 2.07. The lowest BCUT2D eigenvalue weighted by atomic mass is 10.1. The summed E-state index contributed by atoms with van der Waals surface area (Å²) in [4.78, 5) is 21.5. The molecule has 25 heavy (non-hydrogen) atoms. The molecule has 0 amide bonds. The number of non-ortho nitro benzene ring substituents is 1. The number of hydrogen-bond donors (Lipinski definition) is 2. The standard InChI is InChI=1S/C14H13N3O7S/c1-3-11-15-16-14(24-11)25-10(13(19)20)5-7-4-8(17(21)22)6-9(23-2)12(7)18/h4-6,18H,3H2,1-2H3,(H,19,20)/b10-5+. The first-order valence-corrected chi connectivity index (χ1v) is 7.68. The van der Waals surface area contributed by atoms with Crippen LogP contribution in [0.4, 0.5) is 5.69 Å². The fourth-order valence-corrected chi connectivity index (χ4v) is 2.46. The van der Waals surface area contributed by atoms with E-state index >= 15 is 0 Å². The van der Waals surface area contributed by atoms with E-state index in [9.17, 15) is 25.1 Å². The van der Waals surface area contributed by atoms with E-state index in [1.54, 1.807) is 6.92 Å². The lowest BCUT2D eigenvalue weighted by Gasteiger charge is -2.07. The van der Waals surface area contributed by atoms with Crippen LogP contribution in [0.3, 0.4) is 0 Å². The second kappa shape index (κ2) is 7.66. The van der Waals surface area contributed by atoms with Crippen molar-refractivity contribution in [3.8, 4) is 11.5 Å². The summed E-state index contributed by atoms with van der Waals surface area (Å²) < 4.78 is 10.1. The minimum atomic E-state index is -1.33. The molecule has 1 aromatic heterocycles. The van der Waals surface area contributed by atoms with Crippen molar-refractivity contribution in [1.82, 2.24) is 10.2 Å². The zero-order valence-electron chi connectivity index (χ0n) is 13.1. The average molecular weight is 367 g/mol. The highest BCUT2D eigenvalue weighted by atomic mass is 32.2. The van der Waals surface area contributed by atoms with Crippen molar-refractivity contribution in [3.63, 3.8) is 0 Å². The van der Waals surface area contributed by atoms with E-state index in [1.807, 2.05) is 0 Å². The third kappa shape index (κ3) is 4.26. The number of benzene rings is 1. The van der Waals surface area contributed by atoms with Gasteiger partial charge in [-0.2, -0.15) is 0 Å². The molecule has 0 aliphatic rings. The SMILES string of the molecule is CCc1nnc(S/C(=C/c2cc([N+](=O)[O-])cc(OC)c2O)C(=O)O)o1. The minimum absolute atomic E-state index is 0.00221. The number of phenolic OH excluding ortho intramolecular Hbond substituents is 1. The molecule has 0 spiro atoms. The number of nitrogens with zero attached hydrogens (tertiary/aromatic N) is 3. The molecule has 0 aliphatic heterocycles. The van der Waals surface area contributed by atoms with Crippen LogP contribution in [-0.2, 0) is 11.2 Å². The summed E-state index contributed by atoms with van der Waals surface area (Å²) in [7, 11) is 1.23. The molecule has 0 fully saturated rings. The number of methoxy groups -OCH3 is 1. The number of carboxylic acids is 1. The van der Waals surface area contributed by atoms with E-state index in [2.05, 4.69) is 10.2 Å². The normalized spacial score (nSPS) is 11.4. The molecule has 0 radical (unpaired) electrons. The quantitative estimate of drug-likeness (QED) is 0.323. The number of thioether (sulfide) groups is 1. The smallest absolute Gasteiger partial charge is 0.342 e. The number of aryl methyl sites for hydroxylation is 1. The number of nitro groups is 1. The third-order valence-electron chi connectivity index (χ3n) is 2.97.